The zero-order valence-electron chi connectivity index (χ0n) is 10.0. The van der Waals surface area contributed by atoms with E-state index < -0.39 is 0 Å². The summed E-state index contributed by atoms with van der Waals surface area (Å²) in [7, 11) is 2.16. The van der Waals surface area contributed by atoms with Gasteiger partial charge in [-0.3, -0.25) is 0 Å². The van der Waals surface area contributed by atoms with Gasteiger partial charge in [-0.1, -0.05) is 0 Å². The van der Waals surface area contributed by atoms with Crippen LogP contribution in [0.3, 0.4) is 0 Å². The number of nitrogens with zero attached hydrogens (tertiary/aromatic N) is 4. The van der Waals surface area contributed by atoms with E-state index in [1.54, 1.807) is 0 Å². The SMILES string of the molecule is CN1CCC(c2nc3cc(N)ccn3n2)CC1. The molecule has 1 aliphatic rings. The topological polar surface area (TPSA) is 59.5 Å². The van der Waals surface area contributed by atoms with Crippen molar-refractivity contribution in [3.8, 4) is 0 Å². The molecule has 3 heterocycles. The van der Waals surface area contributed by atoms with Gasteiger partial charge in [-0.15, -0.1) is 0 Å². The van der Waals surface area contributed by atoms with E-state index in [0.717, 1.165) is 43.1 Å². The second kappa shape index (κ2) is 4.00. The van der Waals surface area contributed by atoms with Gasteiger partial charge in [0.05, 0.1) is 0 Å². The molecule has 2 aromatic rings. The lowest BCUT2D eigenvalue weighted by atomic mass is 9.97. The van der Waals surface area contributed by atoms with Crippen molar-refractivity contribution in [1.82, 2.24) is 19.5 Å². The summed E-state index contributed by atoms with van der Waals surface area (Å²) in [5, 5.41) is 4.53. The van der Waals surface area contributed by atoms with Gasteiger partial charge in [-0.2, -0.15) is 5.10 Å². The van der Waals surface area contributed by atoms with Crippen LogP contribution in [-0.4, -0.2) is 39.6 Å². The first-order chi connectivity index (χ1) is 8.22. The van der Waals surface area contributed by atoms with E-state index in [-0.39, 0.29) is 0 Å². The molecular weight excluding hydrogens is 214 g/mol. The molecule has 0 bridgehead atoms. The lowest BCUT2D eigenvalue weighted by Crippen LogP contribution is -2.29. The molecule has 3 rings (SSSR count). The second-order valence-corrected chi connectivity index (χ2v) is 4.81. The summed E-state index contributed by atoms with van der Waals surface area (Å²) in [4.78, 5) is 6.93. The zero-order chi connectivity index (χ0) is 11.8. The summed E-state index contributed by atoms with van der Waals surface area (Å²) < 4.78 is 1.81. The minimum Gasteiger partial charge on any atom is -0.399 e. The highest BCUT2D eigenvalue weighted by atomic mass is 15.3. The fraction of sp³-hybridized carbons (Fsp3) is 0.500. The predicted octanol–water partition coefficient (Wildman–Crippen LogP) is 1.12. The van der Waals surface area contributed by atoms with Crippen LogP contribution in [0.2, 0.25) is 0 Å². The number of nitrogen functional groups attached to an aromatic ring is 1. The molecule has 0 unspecified atom stereocenters. The van der Waals surface area contributed by atoms with Gasteiger partial charge in [0.2, 0.25) is 0 Å². The third-order valence-electron chi connectivity index (χ3n) is 3.46. The van der Waals surface area contributed by atoms with E-state index in [1.165, 1.54) is 0 Å². The first-order valence-corrected chi connectivity index (χ1v) is 6.03. The molecule has 0 atom stereocenters. The fourth-order valence-corrected chi connectivity index (χ4v) is 2.35. The van der Waals surface area contributed by atoms with Gasteiger partial charge in [0.15, 0.2) is 11.5 Å². The van der Waals surface area contributed by atoms with Gasteiger partial charge in [-0.25, -0.2) is 9.50 Å². The highest BCUT2D eigenvalue weighted by Crippen LogP contribution is 2.25. The van der Waals surface area contributed by atoms with Crippen molar-refractivity contribution in [2.24, 2.45) is 0 Å². The number of aromatic nitrogens is 3. The standard InChI is InChI=1S/C12H17N5/c1-16-5-2-9(3-6-16)12-14-11-8-10(13)4-7-17(11)15-12/h4,7-9H,2-3,5-6,13H2,1H3. The Hall–Kier alpha value is -1.62. The van der Waals surface area contributed by atoms with Gasteiger partial charge in [0.1, 0.15) is 0 Å². The number of hydrogen-bond acceptors (Lipinski definition) is 4. The molecule has 0 aliphatic carbocycles. The Kier molecular flexibility index (Phi) is 2.48. The van der Waals surface area contributed by atoms with Crippen molar-refractivity contribution < 1.29 is 0 Å². The predicted molar refractivity (Wildman–Crippen MR) is 66.9 cm³/mol. The van der Waals surface area contributed by atoms with Crippen molar-refractivity contribution in [3.63, 3.8) is 0 Å². The Bertz CT molecular complexity index is 525. The highest BCUT2D eigenvalue weighted by Gasteiger charge is 2.22. The average molecular weight is 231 g/mol. The zero-order valence-corrected chi connectivity index (χ0v) is 10.0. The summed E-state index contributed by atoms with van der Waals surface area (Å²) in [5.41, 5.74) is 7.32. The molecule has 0 radical (unpaired) electrons. The summed E-state index contributed by atoms with van der Waals surface area (Å²) in [5.74, 6) is 1.45. The van der Waals surface area contributed by atoms with Crippen LogP contribution < -0.4 is 5.73 Å². The average Bonchev–Trinajstić information content (AvgIpc) is 2.72. The van der Waals surface area contributed by atoms with E-state index in [4.69, 9.17) is 5.73 Å². The Morgan fingerprint density at radius 1 is 1.35 bits per heavy atom. The minimum atomic E-state index is 0.493. The molecule has 5 nitrogen and oxygen atoms in total. The normalized spacial score (nSPS) is 18.9. The number of pyridine rings is 1. The van der Waals surface area contributed by atoms with Crippen molar-refractivity contribution in [3.05, 3.63) is 24.2 Å². The summed E-state index contributed by atoms with van der Waals surface area (Å²) in [6.07, 6.45) is 4.15. The molecule has 1 aliphatic heterocycles. The molecule has 0 saturated carbocycles. The van der Waals surface area contributed by atoms with E-state index in [2.05, 4.69) is 22.0 Å². The Morgan fingerprint density at radius 3 is 2.88 bits per heavy atom. The molecule has 5 heteroatoms. The quantitative estimate of drug-likeness (QED) is 0.799. The maximum absolute atomic E-state index is 5.74. The van der Waals surface area contributed by atoms with Crippen LogP contribution in [0.25, 0.3) is 5.65 Å². The minimum absolute atomic E-state index is 0.493. The molecule has 2 N–H and O–H groups in total. The third kappa shape index (κ3) is 1.98. The number of hydrogen-bond donors (Lipinski definition) is 1. The molecular formula is C12H17N5. The maximum Gasteiger partial charge on any atom is 0.157 e. The number of piperidine rings is 1. The smallest absolute Gasteiger partial charge is 0.157 e. The number of likely N-dealkylation sites (tertiary alicyclic amines) is 1. The van der Waals surface area contributed by atoms with Crippen LogP contribution in [0.4, 0.5) is 5.69 Å². The molecule has 1 saturated heterocycles. The van der Waals surface area contributed by atoms with Gasteiger partial charge in [0.25, 0.3) is 0 Å². The van der Waals surface area contributed by atoms with Crippen molar-refractivity contribution >= 4 is 11.3 Å². The number of nitrogens with two attached hydrogens (primary N) is 1. The number of fused-ring (bicyclic) bond motifs is 1. The van der Waals surface area contributed by atoms with E-state index in [9.17, 15) is 0 Å². The molecule has 0 spiro atoms. The lowest BCUT2D eigenvalue weighted by Gasteiger charge is -2.26. The van der Waals surface area contributed by atoms with E-state index in [0.29, 0.717) is 5.92 Å². The van der Waals surface area contributed by atoms with Crippen LogP contribution in [0, 0.1) is 0 Å². The molecule has 2 aromatic heterocycles. The number of rotatable bonds is 1. The molecule has 1 fully saturated rings. The lowest BCUT2D eigenvalue weighted by molar-refractivity contribution is 0.251. The monoisotopic (exact) mass is 231 g/mol. The molecule has 90 valence electrons. The van der Waals surface area contributed by atoms with Crippen LogP contribution in [0.15, 0.2) is 18.3 Å². The molecule has 17 heavy (non-hydrogen) atoms. The van der Waals surface area contributed by atoms with Crippen molar-refractivity contribution in [2.75, 3.05) is 25.9 Å². The Morgan fingerprint density at radius 2 is 2.12 bits per heavy atom. The highest BCUT2D eigenvalue weighted by molar-refractivity contribution is 5.50. The first-order valence-electron chi connectivity index (χ1n) is 6.03. The van der Waals surface area contributed by atoms with Gasteiger partial charge in [-0.05, 0) is 39.0 Å². The van der Waals surface area contributed by atoms with Gasteiger partial charge in [0, 0.05) is 23.9 Å². The third-order valence-corrected chi connectivity index (χ3v) is 3.46. The van der Waals surface area contributed by atoms with Gasteiger partial charge < -0.3 is 10.6 Å². The molecule has 0 aromatic carbocycles. The van der Waals surface area contributed by atoms with Crippen LogP contribution in [0.1, 0.15) is 24.6 Å². The van der Waals surface area contributed by atoms with Crippen LogP contribution in [0.5, 0.6) is 0 Å². The van der Waals surface area contributed by atoms with Crippen LogP contribution in [-0.2, 0) is 0 Å². The number of anilines is 1. The Balaban J connectivity index is 1.90. The fourth-order valence-electron chi connectivity index (χ4n) is 2.35. The molecule has 0 amide bonds. The van der Waals surface area contributed by atoms with Crippen molar-refractivity contribution in [2.45, 2.75) is 18.8 Å². The van der Waals surface area contributed by atoms with E-state index in [1.807, 2.05) is 22.8 Å². The first kappa shape index (κ1) is 10.5. The summed E-state index contributed by atoms with van der Waals surface area (Å²) in [6, 6.07) is 3.71. The van der Waals surface area contributed by atoms with Gasteiger partial charge >= 0.3 is 0 Å². The van der Waals surface area contributed by atoms with Crippen molar-refractivity contribution in [1.29, 1.82) is 0 Å². The maximum atomic E-state index is 5.74. The second-order valence-electron chi connectivity index (χ2n) is 4.81. The Labute approximate surface area is 100 Å². The van der Waals surface area contributed by atoms with E-state index >= 15 is 0 Å². The van der Waals surface area contributed by atoms with Crippen LogP contribution >= 0.6 is 0 Å². The summed E-state index contributed by atoms with van der Waals surface area (Å²) >= 11 is 0. The summed E-state index contributed by atoms with van der Waals surface area (Å²) in [6.45, 7) is 2.25. The largest absolute Gasteiger partial charge is 0.399 e.